The summed E-state index contributed by atoms with van der Waals surface area (Å²) < 4.78 is 0. The Bertz CT molecular complexity index is 655. The molecule has 3 rings (SSSR count). The Balaban J connectivity index is 1.52. The van der Waals surface area contributed by atoms with E-state index in [9.17, 15) is 14.4 Å². The SMILES string of the molecule is O=C(CNc1ccccc1N1CCCC1=O)NC(=O)NC1CCCC1. The molecule has 0 unspecified atom stereocenters. The molecule has 1 heterocycles. The molecule has 0 spiro atoms. The first kappa shape index (κ1) is 17.3. The van der Waals surface area contributed by atoms with Gasteiger partial charge in [-0.2, -0.15) is 0 Å². The fourth-order valence-corrected chi connectivity index (χ4v) is 3.40. The predicted octanol–water partition coefficient (Wildman–Crippen LogP) is 1.99. The fraction of sp³-hybridized carbons (Fsp3) is 0.500. The number of benzene rings is 1. The standard InChI is InChI=1S/C18H24N4O3/c23-16(21-18(25)20-13-6-1-2-7-13)12-19-14-8-3-4-9-15(14)22-11-5-10-17(22)24/h3-4,8-9,13,19H,1-2,5-7,10-12H2,(H2,20,21,23,25). The average Bonchev–Trinajstić information content (AvgIpc) is 3.24. The normalized spacial score (nSPS) is 17.6. The van der Waals surface area contributed by atoms with Crippen LogP contribution in [0.5, 0.6) is 0 Å². The summed E-state index contributed by atoms with van der Waals surface area (Å²) in [7, 11) is 0. The molecule has 1 aliphatic heterocycles. The molecular weight excluding hydrogens is 320 g/mol. The predicted molar refractivity (Wildman–Crippen MR) is 95.4 cm³/mol. The lowest BCUT2D eigenvalue weighted by Crippen LogP contribution is -2.45. The molecule has 134 valence electrons. The van der Waals surface area contributed by atoms with Crippen molar-refractivity contribution < 1.29 is 14.4 Å². The van der Waals surface area contributed by atoms with Crippen LogP contribution in [-0.2, 0) is 9.59 Å². The van der Waals surface area contributed by atoms with E-state index >= 15 is 0 Å². The van der Waals surface area contributed by atoms with Crippen LogP contribution in [0.3, 0.4) is 0 Å². The molecule has 3 N–H and O–H groups in total. The van der Waals surface area contributed by atoms with E-state index in [1.54, 1.807) is 4.90 Å². The van der Waals surface area contributed by atoms with Crippen molar-refractivity contribution in [2.45, 2.75) is 44.6 Å². The van der Waals surface area contributed by atoms with Crippen molar-refractivity contribution in [3.8, 4) is 0 Å². The average molecular weight is 344 g/mol. The second kappa shape index (κ2) is 8.00. The van der Waals surface area contributed by atoms with Crippen LogP contribution < -0.4 is 20.9 Å². The number of hydrogen-bond donors (Lipinski definition) is 3. The van der Waals surface area contributed by atoms with Gasteiger partial charge in [-0.1, -0.05) is 25.0 Å². The van der Waals surface area contributed by atoms with Crippen molar-refractivity contribution in [3.63, 3.8) is 0 Å². The van der Waals surface area contributed by atoms with E-state index in [4.69, 9.17) is 0 Å². The van der Waals surface area contributed by atoms with Crippen LogP contribution in [0.25, 0.3) is 0 Å². The highest BCUT2D eigenvalue weighted by molar-refractivity contribution is 6.00. The van der Waals surface area contributed by atoms with Crippen LogP contribution in [0.4, 0.5) is 16.2 Å². The minimum atomic E-state index is -0.443. The third kappa shape index (κ3) is 4.49. The van der Waals surface area contributed by atoms with Crippen molar-refractivity contribution in [2.75, 3.05) is 23.3 Å². The number of amides is 4. The van der Waals surface area contributed by atoms with Gasteiger partial charge in [0.25, 0.3) is 0 Å². The Labute approximate surface area is 147 Å². The molecule has 1 saturated heterocycles. The second-order valence-electron chi connectivity index (χ2n) is 6.52. The Kier molecular flexibility index (Phi) is 5.53. The molecule has 4 amide bonds. The van der Waals surface area contributed by atoms with Gasteiger partial charge < -0.3 is 15.5 Å². The first-order valence-corrected chi connectivity index (χ1v) is 8.87. The van der Waals surface area contributed by atoms with E-state index in [0.29, 0.717) is 18.7 Å². The first-order valence-electron chi connectivity index (χ1n) is 8.87. The van der Waals surface area contributed by atoms with Crippen LogP contribution in [0, 0.1) is 0 Å². The van der Waals surface area contributed by atoms with Gasteiger partial charge in [0.1, 0.15) is 0 Å². The van der Waals surface area contributed by atoms with Gasteiger partial charge in [-0.05, 0) is 31.4 Å². The Morgan fingerprint density at radius 2 is 1.88 bits per heavy atom. The molecule has 0 bridgehead atoms. The van der Waals surface area contributed by atoms with Gasteiger partial charge >= 0.3 is 6.03 Å². The van der Waals surface area contributed by atoms with Crippen LogP contribution in [0.1, 0.15) is 38.5 Å². The summed E-state index contributed by atoms with van der Waals surface area (Å²) in [5.74, 6) is -0.312. The summed E-state index contributed by atoms with van der Waals surface area (Å²) in [6, 6.07) is 7.12. The van der Waals surface area contributed by atoms with Crippen LogP contribution in [0.2, 0.25) is 0 Å². The van der Waals surface area contributed by atoms with Crippen molar-refractivity contribution in [1.29, 1.82) is 0 Å². The topological polar surface area (TPSA) is 90.5 Å². The lowest BCUT2D eigenvalue weighted by molar-refractivity contribution is -0.118. The quantitative estimate of drug-likeness (QED) is 0.762. The van der Waals surface area contributed by atoms with Crippen molar-refractivity contribution in [2.24, 2.45) is 0 Å². The molecule has 0 radical (unpaired) electrons. The van der Waals surface area contributed by atoms with Crippen LogP contribution >= 0.6 is 0 Å². The van der Waals surface area contributed by atoms with Crippen molar-refractivity contribution >= 4 is 29.2 Å². The first-order chi connectivity index (χ1) is 12.1. The number of nitrogens with one attached hydrogen (secondary N) is 3. The summed E-state index contributed by atoms with van der Waals surface area (Å²) in [5.41, 5.74) is 1.48. The van der Waals surface area contributed by atoms with Gasteiger partial charge in [-0.15, -0.1) is 0 Å². The third-order valence-electron chi connectivity index (χ3n) is 4.65. The summed E-state index contributed by atoms with van der Waals surface area (Å²) in [6.07, 6.45) is 5.57. The van der Waals surface area contributed by atoms with Gasteiger partial charge in [-0.25, -0.2) is 4.79 Å². The van der Waals surface area contributed by atoms with Gasteiger partial charge in [-0.3, -0.25) is 14.9 Å². The smallest absolute Gasteiger partial charge is 0.321 e. The molecule has 1 saturated carbocycles. The molecule has 1 aliphatic carbocycles. The second-order valence-corrected chi connectivity index (χ2v) is 6.52. The van der Waals surface area contributed by atoms with E-state index in [1.165, 1.54) is 0 Å². The van der Waals surface area contributed by atoms with Gasteiger partial charge in [0.2, 0.25) is 11.8 Å². The molecule has 0 atom stereocenters. The molecule has 7 nitrogen and oxygen atoms in total. The summed E-state index contributed by atoms with van der Waals surface area (Å²) in [5, 5.41) is 8.18. The number of carbonyl (C=O) groups is 3. The maximum atomic E-state index is 12.0. The number of hydrogen-bond acceptors (Lipinski definition) is 4. The molecule has 25 heavy (non-hydrogen) atoms. The van der Waals surface area contributed by atoms with Crippen molar-refractivity contribution in [1.82, 2.24) is 10.6 Å². The molecular formula is C18H24N4O3. The van der Waals surface area contributed by atoms with Crippen LogP contribution in [-0.4, -0.2) is 37.0 Å². The highest BCUT2D eigenvalue weighted by Gasteiger charge is 2.24. The highest BCUT2D eigenvalue weighted by Crippen LogP contribution is 2.29. The summed E-state index contributed by atoms with van der Waals surface area (Å²) >= 11 is 0. The van der Waals surface area contributed by atoms with Crippen LogP contribution in [0.15, 0.2) is 24.3 Å². The number of nitrogens with zero attached hydrogens (tertiary/aromatic N) is 1. The Morgan fingerprint density at radius 1 is 1.12 bits per heavy atom. The van der Waals surface area contributed by atoms with Crippen molar-refractivity contribution in [3.05, 3.63) is 24.3 Å². The summed E-state index contributed by atoms with van der Waals surface area (Å²) in [6.45, 7) is 0.657. The lowest BCUT2D eigenvalue weighted by atomic mass is 10.2. The molecule has 2 aliphatic rings. The number of anilines is 2. The highest BCUT2D eigenvalue weighted by atomic mass is 16.2. The number of imide groups is 1. The van der Waals surface area contributed by atoms with Gasteiger partial charge in [0.05, 0.1) is 17.9 Å². The number of para-hydroxylation sites is 2. The molecule has 0 aromatic heterocycles. The minimum absolute atomic E-state index is 0.0306. The third-order valence-corrected chi connectivity index (χ3v) is 4.65. The number of rotatable bonds is 5. The monoisotopic (exact) mass is 344 g/mol. The zero-order valence-corrected chi connectivity index (χ0v) is 14.2. The zero-order chi connectivity index (χ0) is 17.6. The summed E-state index contributed by atoms with van der Waals surface area (Å²) in [4.78, 5) is 37.5. The minimum Gasteiger partial charge on any atom is -0.374 e. The fourth-order valence-electron chi connectivity index (χ4n) is 3.40. The molecule has 1 aromatic carbocycles. The Hall–Kier alpha value is -2.57. The largest absolute Gasteiger partial charge is 0.374 e. The molecule has 2 fully saturated rings. The van der Waals surface area contributed by atoms with E-state index in [2.05, 4.69) is 16.0 Å². The van der Waals surface area contributed by atoms with E-state index in [0.717, 1.165) is 37.8 Å². The number of urea groups is 1. The molecule has 7 heteroatoms. The van der Waals surface area contributed by atoms with E-state index in [-0.39, 0.29) is 18.5 Å². The van der Waals surface area contributed by atoms with E-state index in [1.807, 2.05) is 24.3 Å². The molecule has 1 aromatic rings. The van der Waals surface area contributed by atoms with E-state index < -0.39 is 11.9 Å². The number of carbonyl (C=O) groups excluding carboxylic acids is 3. The Morgan fingerprint density at radius 3 is 2.60 bits per heavy atom. The lowest BCUT2D eigenvalue weighted by Gasteiger charge is -2.20. The maximum absolute atomic E-state index is 12.0. The van der Waals surface area contributed by atoms with Gasteiger partial charge in [0.15, 0.2) is 0 Å². The van der Waals surface area contributed by atoms with Gasteiger partial charge in [0, 0.05) is 19.0 Å². The zero-order valence-electron chi connectivity index (χ0n) is 14.2. The maximum Gasteiger partial charge on any atom is 0.321 e.